The van der Waals surface area contributed by atoms with Crippen LogP contribution < -0.4 is 11.1 Å². The van der Waals surface area contributed by atoms with Gasteiger partial charge in [0.2, 0.25) is 0 Å². The Morgan fingerprint density at radius 2 is 2.62 bits per heavy atom. The molecule has 0 bridgehead atoms. The molecule has 1 saturated heterocycles. The molecular formula is C9H16N4. The van der Waals surface area contributed by atoms with Gasteiger partial charge in [-0.3, -0.25) is 4.68 Å². The van der Waals surface area contributed by atoms with Gasteiger partial charge in [-0.1, -0.05) is 0 Å². The van der Waals surface area contributed by atoms with Gasteiger partial charge >= 0.3 is 0 Å². The molecule has 2 rings (SSSR count). The summed E-state index contributed by atoms with van der Waals surface area (Å²) in [7, 11) is 0. The van der Waals surface area contributed by atoms with Crippen molar-refractivity contribution >= 4 is 5.69 Å². The second-order valence-corrected chi connectivity index (χ2v) is 3.71. The number of anilines is 1. The van der Waals surface area contributed by atoms with Crippen LogP contribution in [0.3, 0.4) is 0 Å². The third kappa shape index (κ3) is 2.21. The normalized spacial score (nSPS) is 23.2. The van der Waals surface area contributed by atoms with Gasteiger partial charge < -0.3 is 11.1 Å². The zero-order valence-corrected chi connectivity index (χ0v) is 7.74. The average Bonchev–Trinajstić information content (AvgIpc) is 2.53. The van der Waals surface area contributed by atoms with Crippen LogP contribution >= 0.6 is 0 Å². The quantitative estimate of drug-likeness (QED) is 0.695. The Balaban J connectivity index is 1.89. The number of aromatic nitrogens is 2. The highest BCUT2D eigenvalue weighted by Crippen LogP contribution is 2.12. The summed E-state index contributed by atoms with van der Waals surface area (Å²) in [6.45, 7) is 3.27. The van der Waals surface area contributed by atoms with Crippen LogP contribution in [0.15, 0.2) is 12.4 Å². The Morgan fingerprint density at radius 3 is 3.23 bits per heavy atom. The summed E-state index contributed by atoms with van der Waals surface area (Å²) in [6.07, 6.45) is 6.18. The van der Waals surface area contributed by atoms with E-state index in [1.54, 1.807) is 6.20 Å². The molecule has 0 amide bonds. The highest BCUT2D eigenvalue weighted by atomic mass is 15.3. The zero-order valence-electron chi connectivity index (χ0n) is 7.74. The Hall–Kier alpha value is -1.03. The SMILES string of the molecule is Nc1cnn(CC2CCCNC2)c1. The first-order valence-electron chi connectivity index (χ1n) is 4.83. The molecule has 1 aromatic rings. The number of nitrogens with zero attached hydrogens (tertiary/aromatic N) is 2. The molecule has 1 aromatic heterocycles. The lowest BCUT2D eigenvalue weighted by atomic mass is 10.00. The Morgan fingerprint density at radius 1 is 1.69 bits per heavy atom. The monoisotopic (exact) mass is 180 g/mol. The fourth-order valence-corrected chi connectivity index (χ4v) is 1.82. The highest BCUT2D eigenvalue weighted by Gasteiger charge is 2.13. The fourth-order valence-electron chi connectivity index (χ4n) is 1.82. The molecule has 13 heavy (non-hydrogen) atoms. The number of nitrogens with one attached hydrogen (secondary N) is 1. The van der Waals surface area contributed by atoms with E-state index in [4.69, 9.17) is 5.73 Å². The van der Waals surface area contributed by atoms with Gasteiger partial charge in [-0.25, -0.2) is 0 Å². The highest BCUT2D eigenvalue weighted by molar-refractivity contribution is 5.30. The van der Waals surface area contributed by atoms with E-state index in [0.717, 1.165) is 25.3 Å². The second kappa shape index (κ2) is 3.79. The van der Waals surface area contributed by atoms with Crippen molar-refractivity contribution in [1.29, 1.82) is 0 Å². The predicted octanol–water partition coefficient (Wildman–Crippen LogP) is 0.465. The summed E-state index contributed by atoms with van der Waals surface area (Å²) in [5.74, 6) is 0.716. The van der Waals surface area contributed by atoms with Crippen molar-refractivity contribution in [2.24, 2.45) is 5.92 Å². The molecule has 72 valence electrons. The van der Waals surface area contributed by atoms with Crippen LogP contribution in [0.2, 0.25) is 0 Å². The van der Waals surface area contributed by atoms with E-state index < -0.39 is 0 Å². The minimum atomic E-state index is 0.716. The molecule has 3 N–H and O–H groups in total. The van der Waals surface area contributed by atoms with Crippen LogP contribution in [-0.4, -0.2) is 22.9 Å². The maximum atomic E-state index is 5.58. The van der Waals surface area contributed by atoms with Crippen LogP contribution in [0.1, 0.15) is 12.8 Å². The molecule has 2 heterocycles. The van der Waals surface area contributed by atoms with Crippen LogP contribution in [0, 0.1) is 5.92 Å². The fraction of sp³-hybridized carbons (Fsp3) is 0.667. The van der Waals surface area contributed by atoms with Crippen molar-refractivity contribution in [2.45, 2.75) is 19.4 Å². The van der Waals surface area contributed by atoms with Gasteiger partial charge in [0.15, 0.2) is 0 Å². The van der Waals surface area contributed by atoms with Crippen molar-refractivity contribution in [3.8, 4) is 0 Å². The number of nitrogen functional groups attached to an aromatic ring is 1. The third-order valence-electron chi connectivity index (χ3n) is 2.50. The van der Waals surface area contributed by atoms with E-state index in [2.05, 4.69) is 10.4 Å². The Bertz CT molecular complexity index is 262. The Kier molecular flexibility index (Phi) is 2.49. The maximum absolute atomic E-state index is 5.58. The first kappa shape index (κ1) is 8.56. The summed E-state index contributed by atoms with van der Waals surface area (Å²) >= 11 is 0. The number of hydrogen-bond donors (Lipinski definition) is 2. The molecule has 0 saturated carbocycles. The summed E-state index contributed by atoms with van der Waals surface area (Å²) < 4.78 is 1.94. The van der Waals surface area contributed by atoms with Gasteiger partial charge in [-0.2, -0.15) is 5.10 Å². The van der Waals surface area contributed by atoms with E-state index in [1.807, 2.05) is 10.9 Å². The van der Waals surface area contributed by atoms with E-state index in [1.165, 1.54) is 12.8 Å². The first-order valence-corrected chi connectivity index (χ1v) is 4.83. The van der Waals surface area contributed by atoms with Gasteiger partial charge in [0.05, 0.1) is 11.9 Å². The van der Waals surface area contributed by atoms with Crippen molar-refractivity contribution in [1.82, 2.24) is 15.1 Å². The molecule has 0 spiro atoms. The maximum Gasteiger partial charge on any atom is 0.0719 e. The largest absolute Gasteiger partial charge is 0.396 e. The van der Waals surface area contributed by atoms with Gasteiger partial charge in [-0.15, -0.1) is 0 Å². The first-order chi connectivity index (χ1) is 6.34. The van der Waals surface area contributed by atoms with E-state index in [0.29, 0.717) is 5.92 Å². The molecular weight excluding hydrogens is 164 g/mol. The Labute approximate surface area is 78.1 Å². The summed E-state index contributed by atoms with van der Waals surface area (Å²) in [6, 6.07) is 0. The zero-order chi connectivity index (χ0) is 9.10. The molecule has 1 aliphatic rings. The average molecular weight is 180 g/mol. The van der Waals surface area contributed by atoms with Crippen molar-refractivity contribution < 1.29 is 0 Å². The smallest absolute Gasteiger partial charge is 0.0719 e. The second-order valence-electron chi connectivity index (χ2n) is 3.71. The molecule has 0 radical (unpaired) electrons. The van der Waals surface area contributed by atoms with Crippen molar-refractivity contribution in [3.63, 3.8) is 0 Å². The predicted molar refractivity (Wildman–Crippen MR) is 52.2 cm³/mol. The van der Waals surface area contributed by atoms with Crippen LogP contribution in [-0.2, 0) is 6.54 Å². The summed E-state index contributed by atoms with van der Waals surface area (Å²) in [5.41, 5.74) is 6.34. The van der Waals surface area contributed by atoms with E-state index in [9.17, 15) is 0 Å². The van der Waals surface area contributed by atoms with Crippen molar-refractivity contribution in [3.05, 3.63) is 12.4 Å². The third-order valence-corrected chi connectivity index (χ3v) is 2.50. The molecule has 4 heteroatoms. The van der Waals surface area contributed by atoms with E-state index in [-0.39, 0.29) is 0 Å². The molecule has 0 aromatic carbocycles. The lowest BCUT2D eigenvalue weighted by Crippen LogP contribution is -2.32. The minimum Gasteiger partial charge on any atom is -0.396 e. The molecule has 1 fully saturated rings. The van der Waals surface area contributed by atoms with Gasteiger partial charge in [-0.05, 0) is 31.8 Å². The molecule has 1 aliphatic heterocycles. The topological polar surface area (TPSA) is 55.9 Å². The summed E-state index contributed by atoms with van der Waals surface area (Å²) in [4.78, 5) is 0. The van der Waals surface area contributed by atoms with Crippen LogP contribution in [0.4, 0.5) is 5.69 Å². The summed E-state index contributed by atoms with van der Waals surface area (Å²) in [5, 5.41) is 7.56. The van der Waals surface area contributed by atoms with Crippen LogP contribution in [0.25, 0.3) is 0 Å². The molecule has 4 nitrogen and oxygen atoms in total. The lowest BCUT2D eigenvalue weighted by molar-refractivity contribution is 0.325. The van der Waals surface area contributed by atoms with E-state index >= 15 is 0 Å². The molecule has 1 unspecified atom stereocenters. The van der Waals surface area contributed by atoms with Gasteiger partial charge in [0, 0.05) is 12.7 Å². The molecule has 1 atom stereocenters. The van der Waals surface area contributed by atoms with Crippen molar-refractivity contribution in [2.75, 3.05) is 18.8 Å². The minimum absolute atomic E-state index is 0.716. The standard InChI is InChI=1S/C9H16N4/c10-9-5-12-13(7-9)6-8-2-1-3-11-4-8/h5,7-8,11H,1-4,6,10H2. The number of hydrogen-bond acceptors (Lipinski definition) is 3. The van der Waals surface area contributed by atoms with Gasteiger partial charge in [0.25, 0.3) is 0 Å². The lowest BCUT2D eigenvalue weighted by Gasteiger charge is -2.22. The number of nitrogens with two attached hydrogens (primary N) is 1. The molecule has 0 aliphatic carbocycles. The number of rotatable bonds is 2. The van der Waals surface area contributed by atoms with Gasteiger partial charge in [0.1, 0.15) is 0 Å². The number of piperidine rings is 1. The van der Waals surface area contributed by atoms with Crippen LogP contribution in [0.5, 0.6) is 0 Å².